The van der Waals surface area contributed by atoms with Crippen molar-refractivity contribution in [1.29, 1.82) is 0 Å². The standard InChI is InChI=1S/C36H40BrN3O/c1-39(2)32-22-23-40-33(25-38-24-32)35(27-18-20-31(37)21-19-27)34(40)26-41-36(28-12-6-3-7-13-28,29-14-8-4-9-15-29)30-16-10-5-11-17-30/h3-21,32-35,38H,22-26H2,1-2H3/t32-,33-,34+,35+/m0/s1. The summed E-state index contributed by atoms with van der Waals surface area (Å²) in [6.45, 7) is 3.72. The lowest BCUT2D eigenvalue weighted by atomic mass is 9.74. The summed E-state index contributed by atoms with van der Waals surface area (Å²) in [5, 5.41) is 3.80. The van der Waals surface area contributed by atoms with Crippen LogP contribution in [0, 0.1) is 0 Å². The molecule has 0 radical (unpaired) electrons. The van der Waals surface area contributed by atoms with Crippen molar-refractivity contribution in [1.82, 2.24) is 15.1 Å². The molecule has 5 heteroatoms. The number of likely N-dealkylation sites (N-methyl/N-ethyl adjacent to an activating group) is 1. The van der Waals surface area contributed by atoms with E-state index in [2.05, 4.69) is 160 Å². The molecule has 2 aliphatic rings. The molecule has 0 unspecified atom stereocenters. The molecule has 2 saturated heterocycles. The highest BCUT2D eigenvalue weighted by molar-refractivity contribution is 9.10. The van der Waals surface area contributed by atoms with Crippen molar-refractivity contribution < 1.29 is 4.74 Å². The van der Waals surface area contributed by atoms with Crippen molar-refractivity contribution >= 4 is 15.9 Å². The van der Waals surface area contributed by atoms with Gasteiger partial charge in [0.15, 0.2) is 0 Å². The lowest BCUT2D eigenvalue weighted by molar-refractivity contribution is -0.0976. The zero-order valence-electron chi connectivity index (χ0n) is 24.0. The average Bonchev–Trinajstić information content (AvgIpc) is 3.00. The Balaban J connectivity index is 1.39. The molecule has 2 fully saturated rings. The maximum absolute atomic E-state index is 7.38. The van der Waals surface area contributed by atoms with E-state index in [0.29, 0.717) is 24.6 Å². The van der Waals surface area contributed by atoms with Crippen molar-refractivity contribution in [3.63, 3.8) is 0 Å². The summed E-state index contributed by atoms with van der Waals surface area (Å²) >= 11 is 3.64. The lowest BCUT2D eigenvalue weighted by Gasteiger charge is -2.57. The molecule has 1 N–H and O–H groups in total. The first-order valence-corrected chi connectivity index (χ1v) is 15.6. The molecule has 41 heavy (non-hydrogen) atoms. The van der Waals surface area contributed by atoms with Gasteiger partial charge in [0, 0.05) is 48.2 Å². The fourth-order valence-electron chi connectivity index (χ4n) is 6.94. The zero-order chi connectivity index (χ0) is 28.2. The van der Waals surface area contributed by atoms with Crippen molar-refractivity contribution in [3.8, 4) is 0 Å². The average molecular weight is 611 g/mol. The number of fused-ring (bicyclic) bond motifs is 1. The molecule has 0 saturated carbocycles. The SMILES string of the molecule is CN(C)[C@H]1CCN2[C@H](COC(c3ccccc3)(c3ccccc3)c3ccccc3)[C@H](c3ccc(Br)cc3)[C@@H]2CNC1. The number of benzene rings is 4. The molecule has 4 aromatic carbocycles. The van der Waals surface area contributed by atoms with E-state index >= 15 is 0 Å². The molecular formula is C36H40BrN3O. The summed E-state index contributed by atoms with van der Waals surface area (Å²) in [5.74, 6) is 0.395. The topological polar surface area (TPSA) is 27.7 Å². The van der Waals surface area contributed by atoms with Crippen LogP contribution in [0.5, 0.6) is 0 Å². The van der Waals surface area contributed by atoms with Gasteiger partial charge in [-0.1, -0.05) is 119 Å². The molecule has 4 atom stereocenters. The number of hydrogen-bond acceptors (Lipinski definition) is 4. The fraction of sp³-hybridized carbons (Fsp3) is 0.333. The van der Waals surface area contributed by atoms with E-state index in [9.17, 15) is 0 Å². The molecule has 4 nitrogen and oxygen atoms in total. The monoisotopic (exact) mass is 609 g/mol. The highest BCUT2D eigenvalue weighted by atomic mass is 79.9. The molecule has 0 aromatic heterocycles. The van der Waals surface area contributed by atoms with Gasteiger partial charge >= 0.3 is 0 Å². The van der Waals surface area contributed by atoms with Gasteiger partial charge in [0.25, 0.3) is 0 Å². The third kappa shape index (κ3) is 5.67. The van der Waals surface area contributed by atoms with Crippen LogP contribution in [0.25, 0.3) is 0 Å². The third-order valence-electron chi connectivity index (χ3n) is 9.13. The number of hydrogen-bond donors (Lipinski definition) is 1. The normalized spacial score (nSPS) is 23.3. The van der Waals surface area contributed by atoms with E-state index in [1.54, 1.807) is 0 Å². The number of nitrogens with one attached hydrogen (secondary N) is 1. The maximum Gasteiger partial charge on any atom is 0.143 e. The summed E-state index contributed by atoms with van der Waals surface area (Å²) < 4.78 is 8.50. The summed E-state index contributed by atoms with van der Waals surface area (Å²) in [5.41, 5.74) is 4.12. The van der Waals surface area contributed by atoms with Crippen LogP contribution in [0.15, 0.2) is 120 Å². The quantitative estimate of drug-likeness (QED) is 0.230. The van der Waals surface area contributed by atoms with Crippen LogP contribution in [0.2, 0.25) is 0 Å². The molecule has 0 aliphatic carbocycles. The Morgan fingerprint density at radius 3 is 1.83 bits per heavy atom. The van der Waals surface area contributed by atoms with Gasteiger partial charge in [0.2, 0.25) is 0 Å². The highest BCUT2D eigenvalue weighted by Crippen LogP contribution is 2.45. The Labute approximate surface area is 253 Å². The van der Waals surface area contributed by atoms with Crippen molar-refractivity contribution in [2.24, 2.45) is 0 Å². The molecule has 2 aliphatic heterocycles. The Bertz CT molecular complexity index is 1280. The van der Waals surface area contributed by atoms with Crippen LogP contribution in [-0.4, -0.2) is 68.3 Å². The zero-order valence-corrected chi connectivity index (χ0v) is 25.6. The predicted molar refractivity (Wildman–Crippen MR) is 171 cm³/mol. The van der Waals surface area contributed by atoms with Crippen LogP contribution in [0.1, 0.15) is 34.6 Å². The van der Waals surface area contributed by atoms with E-state index in [1.165, 1.54) is 5.56 Å². The number of ether oxygens (including phenoxy) is 1. The van der Waals surface area contributed by atoms with E-state index in [4.69, 9.17) is 4.74 Å². The molecule has 0 bridgehead atoms. The summed E-state index contributed by atoms with van der Waals surface area (Å²) in [6.07, 6.45) is 1.14. The maximum atomic E-state index is 7.38. The van der Waals surface area contributed by atoms with E-state index in [1.807, 2.05) is 0 Å². The van der Waals surface area contributed by atoms with Crippen molar-refractivity contribution in [3.05, 3.63) is 142 Å². The molecule has 4 aromatic rings. The third-order valence-corrected chi connectivity index (χ3v) is 9.66. The molecular weight excluding hydrogens is 570 g/mol. The van der Waals surface area contributed by atoms with Gasteiger partial charge in [-0.05, 0) is 54.9 Å². The number of rotatable bonds is 8. The minimum Gasteiger partial charge on any atom is -0.359 e. The van der Waals surface area contributed by atoms with Gasteiger partial charge in [-0.2, -0.15) is 0 Å². The first kappa shape index (κ1) is 28.3. The van der Waals surface area contributed by atoms with Gasteiger partial charge in [0.1, 0.15) is 5.60 Å². The van der Waals surface area contributed by atoms with Crippen molar-refractivity contribution in [2.75, 3.05) is 40.3 Å². The molecule has 6 rings (SSSR count). The van der Waals surface area contributed by atoms with E-state index in [0.717, 1.165) is 47.2 Å². The lowest BCUT2D eigenvalue weighted by Crippen LogP contribution is -2.69. The van der Waals surface area contributed by atoms with Crippen LogP contribution in [0.4, 0.5) is 0 Å². The number of halogens is 1. The van der Waals surface area contributed by atoms with Gasteiger partial charge in [-0.25, -0.2) is 0 Å². The number of nitrogens with zero attached hydrogens (tertiary/aromatic N) is 2. The first-order valence-electron chi connectivity index (χ1n) is 14.8. The second-order valence-electron chi connectivity index (χ2n) is 11.6. The van der Waals surface area contributed by atoms with Gasteiger partial charge in [-0.3, -0.25) is 4.90 Å². The van der Waals surface area contributed by atoms with E-state index < -0.39 is 5.60 Å². The van der Waals surface area contributed by atoms with Crippen molar-refractivity contribution in [2.45, 2.75) is 36.1 Å². The predicted octanol–water partition coefficient (Wildman–Crippen LogP) is 6.52. The van der Waals surface area contributed by atoms with Crippen LogP contribution < -0.4 is 5.32 Å². The van der Waals surface area contributed by atoms with Crippen LogP contribution in [-0.2, 0) is 10.3 Å². The first-order chi connectivity index (χ1) is 20.1. The van der Waals surface area contributed by atoms with Gasteiger partial charge in [0.05, 0.1) is 6.61 Å². The molecule has 2 heterocycles. The summed E-state index contributed by atoms with van der Waals surface area (Å²) in [4.78, 5) is 5.07. The van der Waals surface area contributed by atoms with Crippen LogP contribution in [0.3, 0.4) is 0 Å². The fourth-order valence-corrected chi connectivity index (χ4v) is 7.20. The Kier molecular flexibility index (Phi) is 8.71. The Hall–Kier alpha value is -2.80. The minimum atomic E-state index is -0.716. The highest BCUT2D eigenvalue weighted by Gasteiger charge is 2.50. The molecule has 212 valence electrons. The smallest absolute Gasteiger partial charge is 0.143 e. The van der Waals surface area contributed by atoms with Crippen LogP contribution >= 0.6 is 15.9 Å². The second-order valence-corrected chi connectivity index (χ2v) is 12.5. The molecule has 0 spiro atoms. The summed E-state index contributed by atoms with van der Waals surface area (Å²) in [7, 11) is 4.39. The van der Waals surface area contributed by atoms with Gasteiger partial charge < -0.3 is 15.0 Å². The molecule has 0 amide bonds. The van der Waals surface area contributed by atoms with E-state index in [-0.39, 0.29) is 6.04 Å². The Morgan fingerprint density at radius 2 is 1.32 bits per heavy atom. The van der Waals surface area contributed by atoms with Gasteiger partial charge in [-0.15, -0.1) is 0 Å². The Morgan fingerprint density at radius 1 is 0.780 bits per heavy atom. The minimum absolute atomic E-state index is 0.277. The summed E-state index contributed by atoms with van der Waals surface area (Å²) in [6, 6.07) is 42.4. The largest absolute Gasteiger partial charge is 0.359 e. The second kappa shape index (κ2) is 12.6.